The molecule has 108 valence electrons. The lowest BCUT2D eigenvalue weighted by Gasteiger charge is -2.07. The first-order valence-corrected chi connectivity index (χ1v) is 6.61. The Balaban J connectivity index is 2.12. The lowest BCUT2D eigenvalue weighted by atomic mass is 10.1. The van der Waals surface area contributed by atoms with Gasteiger partial charge in [0.2, 0.25) is 0 Å². The fourth-order valence-electron chi connectivity index (χ4n) is 1.67. The van der Waals surface area contributed by atoms with Crippen LogP contribution in [0.4, 0.5) is 5.69 Å². The van der Waals surface area contributed by atoms with E-state index < -0.39 is 10.9 Å². The van der Waals surface area contributed by atoms with Crippen molar-refractivity contribution in [2.75, 3.05) is 0 Å². The van der Waals surface area contributed by atoms with E-state index in [-0.39, 0.29) is 17.9 Å². The zero-order chi connectivity index (χ0) is 15.4. The number of carbonyl (C=O) groups excluding carboxylic acids is 1. The fraction of sp³-hybridized carbons (Fsp3) is 0.0714. The molecule has 5 nitrogen and oxygen atoms in total. The molecule has 0 saturated carbocycles. The maximum Gasteiger partial charge on any atom is 0.315 e. The van der Waals surface area contributed by atoms with Crippen LogP contribution >= 0.6 is 23.2 Å². The summed E-state index contributed by atoms with van der Waals surface area (Å²) in [7, 11) is 0. The molecule has 0 aliphatic rings. The van der Waals surface area contributed by atoms with Crippen LogP contribution in [0.25, 0.3) is 0 Å². The number of esters is 1. The molecule has 0 amide bonds. The maximum absolute atomic E-state index is 11.9. The van der Waals surface area contributed by atoms with E-state index in [1.165, 1.54) is 24.3 Å². The summed E-state index contributed by atoms with van der Waals surface area (Å²) in [5, 5.41) is 11.4. The van der Waals surface area contributed by atoms with Gasteiger partial charge < -0.3 is 4.74 Å². The van der Waals surface area contributed by atoms with Crippen LogP contribution in [0.15, 0.2) is 42.5 Å². The van der Waals surface area contributed by atoms with Crippen LogP contribution in [0.2, 0.25) is 10.0 Å². The third kappa shape index (κ3) is 3.93. The molecular weight excluding hydrogens is 317 g/mol. The van der Waals surface area contributed by atoms with Crippen molar-refractivity contribution in [3.8, 4) is 5.75 Å². The third-order valence-electron chi connectivity index (χ3n) is 2.64. The standard InChI is InChI=1S/C14H9Cl2NO4/c15-12-5-2-6-13(16)11(12)8-14(18)21-10-4-1-3-9(7-10)17(19)20/h1-7H,8H2. The predicted octanol–water partition coefficient (Wildman–Crippen LogP) is 4.05. The average Bonchev–Trinajstić information content (AvgIpc) is 2.43. The van der Waals surface area contributed by atoms with Crippen molar-refractivity contribution >= 4 is 34.9 Å². The summed E-state index contributed by atoms with van der Waals surface area (Å²) >= 11 is 11.9. The van der Waals surface area contributed by atoms with Gasteiger partial charge in [0.05, 0.1) is 17.4 Å². The molecule has 0 saturated heterocycles. The molecule has 21 heavy (non-hydrogen) atoms. The molecule has 0 heterocycles. The minimum Gasteiger partial charge on any atom is -0.426 e. The molecule has 0 aliphatic carbocycles. The second-order valence-corrected chi connectivity index (χ2v) is 4.92. The smallest absolute Gasteiger partial charge is 0.315 e. The number of halogens is 2. The highest BCUT2D eigenvalue weighted by atomic mass is 35.5. The average molecular weight is 326 g/mol. The second-order valence-electron chi connectivity index (χ2n) is 4.11. The van der Waals surface area contributed by atoms with E-state index in [0.717, 1.165) is 0 Å². The molecule has 0 bridgehead atoms. The number of rotatable bonds is 4. The van der Waals surface area contributed by atoms with Crippen molar-refractivity contribution in [2.45, 2.75) is 6.42 Å². The molecule has 2 aromatic carbocycles. The van der Waals surface area contributed by atoms with Crippen molar-refractivity contribution in [1.29, 1.82) is 0 Å². The molecule has 7 heteroatoms. The van der Waals surface area contributed by atoms with Gasteiger partial charge in [0.1, 0.15) is 5.75 Å². The van der Waals surface area contributed by atoms with Gasteiger partial charge >= 0.3 is 5.97 Å². The van der Waals surface area contributed by atoms with Crippen molar-refractivity contribution in [3.63, 3.8) is 0 Å². The number of carbonyl (C=O) groups is 1. The summed E-state index contributed by atoms with van der Waals surface area (Å²) in [6.45, 7) is 0. The van der Waals surface area contributed by atoms with Crippen LogP contribution in [-0.2, 0) is 11.2 Å². The van der Waals surface area contributed by atoms with Crippen molar-refractivity contribution in [3.05, 3.63) is 68.2 Å². The Morgan fingerprint density at radius 2 is 1.76 bits per heavy atom. The Kier molecular flexibility index (Phi) is 4.77. The van der Waals surface area contributed by atoms with Gasteiger partial charge in [0.25, 0.3) is 5.69 Å². The molecule has 0 spiro atoms. The SMILES string of the molecule is O=C(Cc1c(Cl)cccc1Cl)Oc1cccc([N+](=O)[O-])c1. The molecular formula is C14H9Cl2NO4. The van der Waals surface area contributed by atoms with Gasteiger partial charge in [-0.2, -0.15) is 0 Å². The first-order valence-electron chi connectivity index (χ1n) is 5.85. The highest BCUT2D eigenvalue weighted by Gasteiger charge is 2.14. The van der Waals surface area contributed by atoms with Gasteiger partial charge in [-0.15, -0.1) is 0 Å². The van der Waals surface area contributed by atoms with Crippen LogP contribution in [0, 0.1) is 10.1 Å². The van der Waals surface area contributed by atoms with Gasteiger partial charge in [-0.3, -0.25) is 14.9 Å². The summed E-state index contributed by atoms with van der Waals surface area (Å²) in [5.74, 6) is -0.511. The molecule has 0 unspecified atom stereocenters. The maximum atomic E-state index is 11.9. The lowest BCUT2D eigenvalue weighted by Crippen LogP contribution is -2.12. The Morgan fingerprint density at radius 1 is 1.14 bits per heavy atom. The molecule has 2 aromatic rings. The monoisotopic (exact) mass is 325 g/mol. The quantitative estimate of drug-likeness (QED) is 0.368. The topological polar surface area (TPSA) is 69.4 Å². The van der Waals surface area contributed by atoms with E-state index >= 15 is 0 Å². The van der Waals surface area contributed by atoms with Crippen molar-refractivity contribution in [1.82, 2.24) is 0 Å². The van der Waals surface area contributed by atoms with E-state index in [0.29, 0.717) is 15.6 Å². The third-order valence-corrected chi connectivity index (χ3v) is 3.35. The van der Waals surface area contributed by atoms with Gasteiger partial charge in [-0.1, -0.05) is 35.3 Å². The molecule has 0 N–H and O–H groups in total. The fourth-order valence-corrected chi connectivity index (χ4v) is 2.20. The molecule has 0 aliphatic heterocycles. The number of nitro benzene ring substituents is 1. The van der Waals surface area contributed by atoms with E-state index in [1.54, 1.807) is 18.2 Å². The zero-order valence-electron chi connectivity index (χ0n) is 10.6. The normalized spacial score (nSPS) is 10.2. The predicted molar refractivity (Wildman–Crippen MR) is 78.9 cm³/mol. The first-order chi connectivity index (χ1) is 9.97. The number of non-ortho nitro benzene ring substituents is 1. The van der Waals surface area contributed by atoms with E-state index in [1.807, 2.05) is 0 Å². The molecule has 0 radical (unpaired) electrons. The van der Waals surface area contributed by atoms with E-state index in [4.69, 9.17) is 27.9 Å². The van der Waals surface area contributed by atoms with E-state index in [2.05, 4.69) is 0 Å². The summed E-state index contributed by atoms with van der Waals surface area (Å²) in [5.41, 5.74) is 0.298. The molecule has 0 fully saturated rings. The molecule has 0 aromatic heterocycles. The summed E-state index contributed by atoms with van der Waals surface area (Å²) in [6, 6.07) is 10.3. The Morgan fingerprint density at radius 3 is 2.38 bits per heavy atom. The summed E-state index contributed by atoms with van der Waals surface area (Å²) < 4.78 is 5.06. The van der Waals surface area contributed by atoms with Crippen LogP contribution in [0.3, 0.4) is 0 Å². The number of benzene rings is 2. The van der Waals surface area contributed by atoms with Crippen LogP contribution in [0.5, 0.6) is 5.75 Å². The second kappa shape index (κ2) is 6.56. The summed E-state index contributed by atoms with van der Waals surface area (Å²) in [4.78, 5) is 21.9. The van der Waals surface area contributed by atoms with Crippen molar-refractivity contribution in [2.24, 2.45) is 0 Å². The first kappa shape index (κ1) is 15.3. The Hall–Kier alpha value is -2.11. The minimum atomic E-state index is -0.606. The number of nitrogens with zero attached hydrogens (tertiary/aromatic N) is 1. The summed E-state index contributed by atoms with van der Waals surface area (Å²) in [6.07, 6.45) is -0.124. The van der Waals surface area contributed by atoms with Gasteiger partial charge in [-0.05, 0) is 18.2 Å². The van der Waals surface area contributed by atoms with Gasteiger partial charge in [-0.25, -0.2) is 0 Å². The van der Waals surface area contributed by atoms with Crippen LogP contribution < -0.4 is 4.74 Å². The lowest BCUT2D eigenvalue weighted by molar-refractivity contribution is -0.384. The highest BCUT2D eigenvalue weighted by Crippen LogP contribution is 2.25. The number of hydrogen-bond acceptors (Lipinski definition) is 4. The molecule has 0 atom stereocenters. The van der Waals surface area contributed by atoms with Crippen LogP contribution in [-0.4, -0.2) is 10.9 Å². The number of hydrogen-bond donors (Lipinski definition) is 0. The largest absolute Gasteiger partial charge is 0.426 e. The molecule has 2 rings (SSSR count). The van der Waals surface area contributed by atoms with E-state index in [9.17, 15) is 14.9 Å². The zero-order valence-corrected chi connectivity index (χ0v) is 12.1. The Labute approximate surface area is 130 Å². The van der Waals surface area contributed by atoms with Crippen LogP contribution in [0.1, 0.15) is 5.56 Å². The highest BCUT2D eigenvalue weighted by molar-refractivity contribution is 6.36. The Bertz CT molecular complexity index is 683. The van der Waals surface area contributed by atoms with Gasteiger partial charge in [0.15, 0.2) is 0 Å². The van der Waals surface area contributed by atoms with Gasteiger partial charge in [0, 0.05) is 21.7 Å². The number of ether oxygens (including phenoxy) is 1. The minimum absolute atomic E-state index is 0.0948. The number of nitro groups is 1. The van der Waals surface area contributed by atoms with Crippen molar-refractivity contribution < 1.29 is 14.5 Å².